The Morgan fingerprint density at radius 2 is 1.47 bits per heavy atom. The molecule has 5 aliphatic heterocycles. The van der Waals surface area contributed by atoms with Crippen LogP contribution in [0.25, 0.3) is 0 Å². The first-order chi connectivity index (χ1) is 47.8. The first-order valence-electron chi connectivity index (χ1n) is 33.7. The first kappa shape index (κ1) is 75.4. The van der Waals surface area contributed by atoms with E-state index in [9.17, 15) is 67.7 Å². The number of ether oxygens (including phenoxy) is 2. The van der Waals surface area contributed by atoms with E-state index in [1.807, 2.05) is 45.0 Å². The van der Waals surface area contributed by atoms with Gasteiger partial charge < -0.3 is 70.3 Å². The van der Waals surface area contributed by atoms with Crippen LogP contribution in [-0.4, -0.2) is 205 Å². The molecule has 0 saturated carbocycles. The van der Waals surface area contributed by atoms with E-state index >= 15 is 0 Å². The zero-order valence-corrected chi connectivity index (χ0v) is 57.4. The Morgan fingerprint density at radius 1 is 0.770 bits per heavy atom. The number of Topliss-reactive ketones (excluding diaryl/α,β-unsaturated/α-hetero) is 2. The van der Waals surface area contributed by atoms with Gasteiger partial charge in [0.05, 0.1) is 12.5 Å². The average Bonchev–Trinajstić information content (AvgIpc) is 1.37. The normalized spacial score (nSPS) is 27.2. The molecule has 1 unspecified atom stereocenters. The smallest absolute Gasteiger partial charge is 0.333 e. The second-order valence-corrected chi connectivity index (χ2v) is 25.8. The highest BCUT2D eigenvalue weighted by Gasteiger charge is 2.47. The summed E-state index contributed by atoms with van der Waals surface area (Å²) in [4.78, 5) is 178. The zero-order valence-electron chi connectivity index (χ0n) is 57.4. The maximum Gasteiger partial charge on any atom is 0.333 e. The minimum Gasteiger partial charge on any atom is -0.505 e. The maximum absolute atomic E-state index is 14.9. The van der Waals surface area contributed by atoms with E-state index in [-0.39, 0.29) is 111 Å². The number of rotatable bonds is 8. The van der Waals surface area contributed by atoms with Crippen molar-refractivity contribution >= 4 is 76.4 Å². The monoisotopic (exact) mass is 1380 g/mol. The van der Waals surface area contributed by atoms with Crippen molar-refractivity contribution < 1.29 is 81.6 Å². The summed E-state index contributed by atoms with van der Waals surface area (Å²) in [7, 11) is 3.23. The number of carbonyl (C=O) groups excluding carboxylic acids is 12. The van der Waals surface area contributed by atoms with E-state index in [1.165, 1.54) is 64.2 Å². The summed E-state index contributed by atoms with van der Waals surface area (Å²) < 4.78 is 17.1. The zero-order chi connectivity index (χ0) is 72.5. The van der Waals surface area contributed by atoms with Crippen LogP contribution in [0.1, 0.15) is 137 Å². The van der Waals surface area contributed by atoms with Crippen molar-refractivity contribution in [3.8, 4) is 5.75 Å². The van der Waals surface area contributed by atoms with Crippen LogP contribution in [0, 0.1) is 11.8 Å². The van der Waals surface area contributed by atoms with E-state index in [0.717, 1.165) is 11.3 Å². The van der Waals surface area contributed by atoms with Gasteiger partial charge in [-0.05, 0) is 93.3 Å². The average molecular weight is 1380 g/mol. The number of aromatic nitrogens is 2. The number of piperidine rings is 1. The summed E-state index contributed by atoms with van der Waals surface area (Å²) in [5, 5.41) is 34.3. The number of aromatic hydroxyl groups is 1. The van der Waals surface area contributed by atoms with Gasteiger partial charge in [-0.25, -0.2) is 19.6 Å². The SMILES string of the molecule is CC1=C/[C@@H](O)CC(=O)Cc2nc(co2)C(=O)N2CCCC2C(=O)O[C@H](C(C)C)[C@H](C)/C=C\C(=O)NC/C=C\1.CC[C@H]1NC(=O)[C@@H](NC(=O)c2ncccc2O)[C@@H](C)OC(=O)[C@H](c2ccccc2)NC(=O)[C@@H]2CC(=O)CCN2C(=O)[C@H](Cc2ccc(NC)cc2)N(C)C(=O)[C@@H]2CCCN2C1=O. The van der Waals surface area contributed by atoms with Crippen LogP contribution >= 0.6 is 0 Å². The largest absolute Gasteiger partial charge is 0.505 e. The first-order valence-corrected chi connectivity index (χ1v) is 33.7. The third kappa shape index (κ3) is 19.3. The van der Waals surface area contributed by atoms with Crippen molar-refractivity contribution in [1.82, 2.24) is 50.8 Å². The number of cyclic esters (lactones) is 2. The second kappa shape index (κ2) is 34.9. The Balaban J connectivity index is 0.000000286. The molecular formula is C72H89N11O17. The van der Waals surface area contributed by atoms with Crippen LogP contribution in [0.15, 0.2) is 120 Å². The Kier molecular flexibility index (Phi) is 26.3. The van der Waals surface area contributed by atoms with Gasteiger partial charge in [0.2, 0.25) is 41.3 Å². The van der Waals surface area contributed by atoms with Gasteiger partial charge in [-0.2, -0.15) is 0 Å². The molecule has 2 bridgehead atoms. The highest BCUT2D eigenvalue weighted by Crippen LogP contribution is 2.29. The van der Waals surface area contributed by atoms with Crippen LogP contribution in [0.5, 0.6) is 5.75 Å². The van der Waals surface area contributed by atoms with E-state index in [0.29, 0.717) is 31.4 Å². The summed E-state index contributed by atoms with van der Waals surface area (Å²) in [5.74, 6) is -8.11. The lowest BCUT2D eigenvalue weighted by Gasteiger charge is -2.40. The number of aliphatic hydroxyl groups is 1. The molecule has 534 valence electrons. The molecule has 4 aromatic rings. The Hall–Kier alpha value is -10.4. The Morgan fingerprint density at radius 3 is 2.16 bits per heavy atom. The van der Waals surface area contributed by atoms with Gasteiger partial charge in [0.25, 0.3) is 11.8 Å². The molecule has 2 aromatic carbocycles. The molecule has 7 N–H and O–H groups in total. The van der Waals surface area contributed by atoms with E-state index in [2.05, 4.69) is 36.6 Å². The van der Waals surface area contributed by atoms with Crippen molar-refractivity contribution in [2.45, 2.75) is 166 Å². The number of esters is 2. The number of oxazole rings is 1. The van der Waals surface area contributed by atoms with Crippen LogP contribution in [-0.2, 0) is 70.3 Å². The van der Waals surface area contributed by atoms with Gasteiger partial charge in [0.1, 0.15) is 72.0 Å². The van der Waals surface area contributed by atoms with E-state index in [1.54, 1.807) is 75.5 Å². The number of carbonyl (C=O) groups is 12. The number of benzene rings is 2. The fourth-order valence-electron chi connectivity index (χ4n) is 12.7. The third-order valence-corrected chi connectivity index (χ3v) is 18.2. The molecule has 9 rings (SSSR count). The summed E-state index contributed by atoms with van der Waals surface area (Å²) in [6, 6.07) is 9.12. The Bertz CT molecular complexity index is 3760. The molecule has 28 nitrogen and oxygen atoms in total. The molecule has 2 aromatic heterocycles. The van der Waals surface area contributed by atoms with Crippen LogP contribution in [0.4, 0.5) is 5.69 Å². The molecule has 7 heterocycles. The molecular weight excluding hydrogens is 1290 g/mol. The molecule has 0 aliphatic carbocycles. The molecule has 11 atom stereocenters. The minimum atomic E-state index is -1.68. The van der Waals surface area contributed by atoms with Crippen molar-refractivity contribution in [3.63, 3.8) is 0 Å². The minimum absolute atomic E-state index is 0.00930. The molecule has 28 heteroatoms. The van der Waals surface area contributed by atoms with Gasteiger partial charge in [-0.1, -0.05) is 100 Å². The number of likely N-dealkylation sites (N-methyl/N-ethyl adjacent to an activating group) is 1. The van der Waals surface area contributed by atoms with Gasteiger partial charge in [0, 0.05) is 83.8 Å². The van der Waals surface area contributed by atoms with E-state index < -0.39 is 125 Å². The molecule has 4 saturated heterocycles. The number of hydrogen-bond donors (Lipinski definition) is 7. The fourth-order valence-corrected chi connectivity index (χ4v) is 12.7. The molecule has 0 radical (unpaired) electrons. The van der Waals surface area contributed by atoms with Gasteiger partial charge in [-0.15, -0.1) is 0 Å². The lowest BCUT2D eigenvalue weighted by Crippen LogP contribution is -2.61. The standard InChI is InChI=1S/C44H52N8O10.C28H37N3O7/c1-5-30-41(58)51-21-10-13-31(51)42(59)50(4)33(23-26-15-17-28(45-3)18-16-26)43(60)52-22-19-29(53)24-32(52)38(55)49-36(27-11-7-6-8-12-27)44(61)62-25(2)35(39(56)47-30)48-40(57)37-34(54)14-9-20-46-37;1-17(2)26-19(4)9-10-24(34)29-11-5-7-18(3)13-20(32)14-21(33)15-25-30-22(16-37-25)27(35)31-12-6-8-23(31)28(36)38-26/h6-9,11-12,14-18,20,25,30-33,35-36,45,54H,5,10,13,19,21-24H2,1-4H3,(H,47,56)(H,48,57)(H,49,55);5,7,9-10,13,16-17,19-20,23,26,32H,6,8,11-12,14-15H2,1-4H3,(H,29,34)/b;7-5-,10-9-,18-13-/t25-,30-,31+,32+,33+,35+,36+;19-,20-,23?,26-/m11/s1. The number of fused-ring (bicyclic) bond motifs is 5. The maximum atomic E-state index is 14.9. The van der Waals surface area contributed by atoms with Crippen molar-refractivity contribution in [2.24, 2.45) is 11.8 Å². The molecule has 4 fully saturated rings. The van der Waals surface area contributed by atoms with E-state index in [4.69, 9.17) is 13.9 Å². The van der Waals surface area contributed by atoms with Crippen LogP contribution < -0.4 is 26.6 Å². The summed E-state index contributed by atoms with van der Waals surface area (Å²) >= 11 is 0. The second-order valence-electron chi connectivity index (χ2n) is 25.8. The van der Waals surface area contributed by atoms with Crippen LogP contribution in [0.3, 0.4) is 0 Å². The quantitative estimate of drug-likeness (QED) is 0.123. The van der Waals surface area contributed by atoms with Crippen molar-refractivity contribution in [2.75, 3.05) is 45.6 Å². The molecule has 5 aliphatic rings. The van der Waals surface area contributed by atoms with Gasteiger partial charge in [0.15, 0.2) is 17.4 Å². The summed E-state index contributed by atoms with van der Waals surface area (Å²) in [6.07, 6.45) is 8.79. The van der Waals surface area contributed by atoms with Gasteiger partial charge >= 0.3 is 11.9 Å². The van der Waals surface area contributed by atoms with Crippen LogP contribution in [0.2, 0.25) is 0 Å². The fraction of sp³-hybridized carbons (Fsp3) is 0.472. The molecule has 100 heavy (non-hydrogen) atoms. The third-order valence-electron chi connectivity index (χ3n) is 18.2. The van der Waals surface area contributed by atoms with Crippen molar-refractivity contribution in [3.05, 3.63) is 144 Å². The number of ketones is 2. The number of nitrogens with zero attached hydrogens (tertiary/aromatic N) is 6. The van der Waals surface area contributed by atoms with Crippen molar-refractivity contribution in [1.29, 1.82) is 0 Å². The predicted molar refractivity (Wildman–Crippen MR) is 362 cm³/mol. The highest BCUT2D eigenvalue weighted by atomic mass is 16.6. The lowest BCUT2D eigenvalue weighted by molar-refractivity contribution is -0.158. The number of aliphatic hydroxyl groups excluding tert-OH is 1. The van der Waals surface area contributed by atoms with Gasteiger partial charge in [-0.3, -0.25) is 47.9 Å². The number of hydrogen-bond acceptors (Lipinski definition) is 20. The molecule has 8 amide bonds. The highest BCUT2D eigenvalue weighted by molar-refractivity contribution is 6.02. The number of amides is 8. The molecule has 0 spiro atoms. The topological polar surface area (TPSA) is 376 Å². The number of pyridine rings is 1. The predicted octanol–water partition coefficient (Wildman–Crippen LogP) is 3.78. The summed E-state index contributed by atoms with van der Waals surface area (Å²) in [5.41, 5.74) is 2.09. The Labute approximate surface area is 579 Å². The summed E-state index contributed by atoms with van der Waals surface area (Å²) in [6.45, 7) is 11.2. The number of allylic oxidation sites excluding steroid dienone is 2. The lowest BCUT2D eigenvalue weighted by atomic mass is 9.94. The number of nitrogens with one attached hydrogen (secondary N) is 5. The number of anilines is 1.